The summed E-state index contributed by atoms with van der Waals surface area (Å²) in [5, 5.41) is 0. The number of rotatable bonds is 3. The normalized spacial score (nSPS) is 38.4. The summed E-state index contributed by atoms with van der Waals surface area (Å²) >= 11 is 0. The topological polar surface area (TPSA) is 9.23 Å². The summed E-state index contributed by atoms with van der Waals surface area (Å²) in [5.74, 6) is -2.13. The van der Waals surface area contributed by atoms with Crippen LogP contribution < -0.4 is 0 Å². The summed E-state index contributed by atoms with van der Waals surface area (Å²) in [6.07, 6.45) is -3.76. The molecule has 0 aromatic heterocycles. The molecule has 2 saturated carbocycles. The van der Waals surface area contributed by atoms with Gasteiger partial charge in [-0.15, -0.1) is 0 Å². The molecule has 0 spiro atoms. The molecule has 112 valence electrons. The van der Waals surface area contributed by atoms with Crippen LogP contribution in [-0.2, 0) is 4.74 Å². The van der Waals surface area contributed by atoms with Crippen molar-refractivity contribution in [2.75, 3.05) is 0 Å². The van der Waals surface area contributed by atoms with E-state index >= 15 is 0 Å². The quantitative estimate of drug-likeness (QED) is 0.685. The molecular formula is C14H22F4O. The summed E-state index contributed by atoms with van der Waals surface area (Å²) < 4.78 is 60.2. The van der Waals surface area contributed by atoms with E-state index in [9.17, 15) is 17.6 Å². The third kappa shape index (κ3) is 3.41. The van der Waals surface area contributed by atoms with E-state index in [1.165, 1.54) is 0 Å². The van der Waals surface area contributed by atoms with Crippen LogP contribution in [0, 0.1) is 11.8 Å². The fourth-order valence-corrected chi connectivity index (χ4v) is 3.14. The van der Waals surface area contributed by atoms with E-state index in [1.807, 2.05) is 0 Å². The second kappa shape index (κ2) is 5.98. The summed E-state index contributed by atoms with van der Waals surface area (Å²) in [4.78, 5) is 0. The van der Waals surface area contributed by atoms with Gasteiger partial charge in [0.25, 0.3) is 0 Å². The molecule has 0 aromatic carbocycles. The first-order chi connectivity index (χ1) is 8.92. The molecule has 4 atom stereocenters. The van der Waals surface area contributed by atoms with Crippen LogP contribution in [0.2, 0.25) is 0 Å². The number of halogens is 4. The fourth-order valence-electron chi connectivity index (χ4n) is 3.14. The smallest absolute Gasteiger partial charge is 0.317 e. The van der Waals surface area contributed by atoms with Gasteiger partial charge in [-0.1, -0.05) is 26.2 Å². The van der Waals surface area contributed by atoms with Crippen molar-refractivity contribution in [1.82, 2.24) is 0 Å². The maximum absolute atomic E-state index is 14.0. The van der Waals surface area contributed by atoms with Crippen molar-refractivity contribution >= 4 is 0 Å². The molecule has 1 nitrogen and oxygen atoms in total. The highest BCUT2D eigenvalue weighted by Crippen LogP contribution is 2.43. The van der Waals surface area contributed by atoms with Crippen LogP contribution in [0.25, 0.3) is 0 Å². The largest absolute Gasteiger partial charge is 0.361 e. The van der Waals surface area contributed by atoms with Gasteiger partial charge in [0.1, 0.15) is 12.3 Å². The number of ether oxygens (including phenoxy) is 1. The van der Waals surface area contributed by atoms with Crippen molar-refractivity contribution < 1.29 is 22.3 Å². The molecule has 0 aliphatic heterocycles. The molecule has 0 aromatic rings. The third-order valence-electron chi connectivity index (χ3n) is 4.47. The number of hydrogen-bond donors (Lipinski definition) is 0. The van der Waals surface area contributed by atoms with Crippen molar-refractivity contribution in [1.29, 1.82) is 0 Å². The van der Waals surface area contributed by atoms with Gasteiger partial charge < -0.3 is 4.74 Å². The van der Waals surface area contributed by atoms with E-state index in [2.05, 4.69) is 0 Å². The summed E-state index contributed by atoms with van der Waals surface area (Å²) in [6.45, 7) is 1.56. The van der Waals surface area contributed by atoms with Crippen LogP contribution in [0.4, 0.5) is 17.6 Å². The van der Waals surface area contributed by atoms with Gasteiger partial charge in [-0.05, 0) is 31.6 Å². The molecule has 5 heteroatoms. The Morgan fingerprint density at radius 1 is 0.895 bits per heavy atom. The molecule has 4 unspecified atom stereocenters. The predicted octanol–water partition coefficient (Wildman–Crippen LogP) is 4.65. The van der Waals surface area contributed by atoms with E-state index in [4.69, 9.17) is 4.74 Å². The van der Waals surface area contributed by atoms with E-state index in [-0.39, 0.29) is 12.8 Å². The first-order valence-corrected chi connectivity index (χ1v) is 7.25. The average molecular weight is 282 g/mol. The molecule has 0 amide bonds. The lowest BCUT2D eigenvalue weighted by atomic mass is 9.79. The van der Waals surface area contributed by atoms with Gasteiger partial charge in [-0.3, -0.25) is 0 Å². The minimum absolute atomic E-state index is 0.0114. The van der Waals surface area contributed by atoms with Gasteiger partial charge in [0.2, 0.25) is 0 Å². The molecule has 2 aliphatic carbocycles. The van der Waals surface area contributed by atoms with Gasteiger partial charge in [0.15, 0.2) is 0 Å². The summed E-state index contributed by atoms with van der Waals surface area (Å²) in [5.41, 5.74) is 0. The Morgan fingerprint density at radius 2 is 1.53 bits per heavy atom. The van der Waals surface area contributed by atoms with Gasteiger partial charge >= 0.3 is 6.11 Å². The molecule has 2 rings (SSSR count). The second-order valence-electron chi connectivity index (χ2n) is 5.99. The number of alkyl halides is 4. The molecule has 0 N–H and O–H groups in total. The highest BCUT2D eigenvalue weighted by molar-refractivity contribution is 4.90. The van der Waals surface area contributed by atoms with E-state index in [0.717, 1.165) is 19.3 Å². The zero-order chi connectivity index (χ0) is 14.0. The first-order valence-electron chi connectivity index (χ1n) is 7.25. The highest BCUT2D eigenvalue weighted by Gasteiger charge is 2.53. The molecule has 0 saturated heterocycles. The molecule has 19 heavy (non-hydrogen) atoms. The van der Waals surface area contributed by atoms with Crippen LogP contribution in [0.1, 0.15) is 51.9 Å². The van der Waals surface area contributed by atoms with Crippen molar-refractivity contribution in [2.45, 2.75) is 76.4 Å². The van der Waals surface area contributed by atoms with Crippen LogP contribution in [0.3, 0.4) is 0 Å². The molecule has 2 aliphatic rings. The van der Waals surface area contributed by atoms with Gasteiger partial charge in [-0.2, -0.15) is 8.78 Å². The second-order valence-corrected chi connectivity index (χ2v) is 5.99. The Hall–Kier alpha value is -0.320. The van der Waals surface area contributed by atoms with Crippen LogP contribution >= 0.6 is 0 Å². The van der Waals surface area contributed by atoms with Crippen LogP contribution in [-0.4, -0.2) is 24.6 Å². The van der Waals surface area contributed by atoms with Crippen molar-refractivity contribution in [2.24, 2.45) is 11.8 Å². The lowest BCUT2D eigenvalue weighted by Crippen LogP contribution is -2.48. The zero-order valence-corrected chi connectivity index (χ0v) is 11.3. The van der Waals surface area contributed by atoms with E-state index in [0.29, 0.717) is 12.8 Å². The zero-order valence-electron chi connectivity index (χ0n) is 11.3. The van der Waals surface area contributed by atoms with E-state index in [1.54, 1.807) is 6.92 Å². The number of hydrogen-bond acceptors (Lipinski definition) is 1. The minimum atomic E-state index is -3.55. The standard InChI is InChI=1S/C14H22F4O/c1-9-7-8-11(13(16)12(9)15)14(17,18)19-10-5-3-2-4-6-10/h9-13H,2-8H2,1H3. The van der Waals surface area contributed by atoms with Gasteiger partial charge in [0.05, 0.1) is 12.0 Å². The SMILES string of the molecule is CC1CCC(C(F)(F)OC2CCCCC2)C(F)C1F. The predicted molar refractivity (Wildman–Crippen MR) is 64.6 cm³/mol. The first kappa shape index (κ1) is 15.1. The monoisotopic (exact) mass is 282 g/mol. The molecule has 2 fully saturated rings. The maximum Gasteiger partial charge on any atom is 0.361 e. The van der Waals surface area contributed by atoms with Crippen molar-refractivity contribution in [3.63, 3.8) is 0 Å². The Morgan fingerprint density at radius 3 is 2.16 bits per heavy atom. The summed E-state index contributed by atoms with van der Waals surface area (Å²) in [7, 11) is 0. The molecule has 0 heterocycles. The van der Waals surface area contributed by atoms with Crippen LogP contribution in [0.15, 0.2) is 0 Å². The maximum atomic E-state index is 14.0. The Kier molecular flexibility index (Phi) is 4.75. The van der Waals surface area contributed by atoms with Gasteiger partial charge in [-0.25, -0.2) is 8.78 Å². The highest BCUT2D eigenvalue weighted by atomic mass is 19.3. The summed E-state index contributed by atoms with van der Waals surface area (Å²) in [6, 6.07) is 0. The van der Waals surface area contributed by atoms with Crippen molar-refractivity contribution in [3.05, 3.63) is 0 Å². The third-order valence-corrected chi connectivity index (χ3v) is 4.47. The molecule has 0 radical (unpaired) electrons. The molecular weight excluding hydrogens is 260 g/mol. The van der Waals surface area contributed by atoms with Crippen molar-refractivity contribution in [3.8, 4) is 0 Å². The Bertz CT molecular complexity index is 291. The van der Waals surface area contributed by atoms with E-state index < -0.39 is 36.4 Å². The Labute approximate surface area is 111 Å². The lowest BCUT2D eigenvalue weighted by Gasteiger charge is -2.38. The van der Waals surface area contributed by atoms with Crippen LogP contribution in [0.5, 0.6) is 0 Å². The average Bonchev–Trinajstić information content (AvgIpc) is 2.36. The minimum Gasteiger partial charge on any atom is -0.317 e. The molecule has 0 bridgehead atoms. The Balaban J connectivity index is 1.97. The van der Waals surface area contributed by atoms with Gasteiger partial charge in [0, 0.05) is 0 Å². The fraction of sp³-hybridized carbons (Fsp3) is 1.00. The lowest BCUT2D eigenvalue weighted by molar-refractivity contribution is -0.313.